The van der Waals surface area contributed by atoms with Gasteiger partial charge in [0, 0.05) is 32.5 Å². The van der Waals surface area contributed by atoms with Crippen LogP contribution in [0.15, 0.2) is 84.9 Å². The number of nitrogens with one attached hydrogen (secondary N) is 1. The largest absolute Gasteiger partial charge is 0.332 e. The highest BCUT2D eigenvalue weighted by Gasteiger charge is 2.35. The minimum atomic E-state index is -3.88. The number of amides is 3. The van der Waals surface area contributed by atoms with Crippen LogP contribution in [0.25, 0.3) is 10.8 Å². The highest BCUT2D eigenvalue weighted by Crippen LogP contribution is 2.20. The standard InChI is InChI=1S/C32H40N4O5S/c1-32(2,33)19-11-16-29(37)35(3)28(22-24-17-18-25-14-9-10-15-26(25)20-24)31(39)36(4)27(30(38)34-42(5,40)41)21-23-12-7-6-8-13-23/h6-18,20,27-28H,19,21-22,33H2,1-5H3,(H,34,38)/b16-11+. The van der Waals surface area contributed by atoms with Gasteiger partial charge in [-0.2, -0.15) is 0 Å². The lowest BCUT2D eigenvalue weighted by molar-refractivity contribution is -0.145. The van der Waals surface area contributed by atoms with Crippen LogP contribution in [-0.2, 0) is 37.2 Å². The van der Waals surface area contributed by atoms with Gasteiger partial charge in [-0.15, -0.1) is 0 Å². The Morgan fingerprint density at radius 1 is 0.857 bits per heavy atom. The highest BCUT2D eigenvalue weighted by atomic mass is 32.2. The fraction of sp³-hybridized carbons (Fsp3) is 0.344. The molecule has 0 aromatic heterocycles. The quantitative estimate of drug-likeness (QED) is 0.311. The molecule has 0 aliphatic carbocycles. The van der Waals surface area contributed by atoms with Crippen LogP contribution in [0.4, 0.5) is 0 Å². The van der Waals surface area contributed by atoms with E-state index in [1.54, 1.807) is 37.4 Å². The molecule has 0 saturated heterocycles. The summed E-state index contributed by atoms with van der Waals surface area (Å²) in [5.41, 5.74) is 7.11. The second kappa shape index (κ2) is 13.8. The third-order valence-corrected chi connectivity index (χ3v) is 7.50. The Hall–Kier alpha value is -4.02. The van der Waals surface area contributed by atoms with E-state index >= 15 is 0 Å². The molecule has 0 spiro atoms. The van der Waals surface area contributed by atoms with E-state index in [4.69, 9.17) is 5.73 Å². The second-order valence-electron chi connectivity index (χ2n) is 11.3. The second-order valence-corrected chi connectivity index (χ2v) is 13.1. The van der Waals surface area contributed by atoms with Crippen molar-refractivity contribution < 1.29 is 22.8 Å². The summed E-state index contributed by atoms with van der Waals surface area (Å²) in [6, 6.07) is 20.6. The number of benzene rings is 3. The molecular formula is C32H40N4O5S. The Morgan fingerprint density at radius 3 is 2.07 bits per heavy atom. The van der Waals surface area contributed by atoms with Crippen LogP contribution in [0.3, 0.4) is 0 Å². The van der Waals surface area contributed by atoms with Crippen molar-refractivity contribution in [2.45, 2.75) is 50.7 Å². The minimum absolute atomic E-state index is 0.0796. The number of hydrogen-bond donors (Lipinski definition) is 2. The first-order valence-corrected chi connectivity index (χ1v) is 15.6. The smallest absolute Gasteiger partial charge is 0.256 e. The third-order valence-electron chi connectivity index (χ3n) is 6.92. The maximum Gasteiger partial charge on any atom is 0.256 e. The fourth-order valence-electron chi connectivity index (χ4n) is 4.60. The lowest BCUT2D eigenvalue weighted by atomic mass is 9.98. The molecule has 0 heterocycles. The summed E-state index contributed by atoms with van der Waals surface area (Å²) >= 11 is 0. The van der Waals surface area contributed by atoms with E-state index in [-0.39, 0.29) is 12.8 Å². The topological polar surface area (TPSA) is 130 Å². The van der Waals surface area contributed by atoms with Crippen molar-refractivity contribution in [1.82, 2.24) is 14.5 Å². The lowest BCUT2D eigenvalue weighted by Gasteiger charge is -2.34. The number of fused-ring (bicyclic) bond motifs is 1. The number of nitrogens with zero attached hydrogens (tertiary/aromatic N) is 2. The van der Waals surface area contributed by atoms with Gasteiger partial charge >= 0.3 is 0 Å². The van der Waals surface area contributed by atoms with Crippen molar-refractivity contribution in [3.8, 4) is 0 Å². The number of likely N-dealkylation sites (N-methyl/N-ethyl adjacent to an activating group) is 2. The number of rotatable bonds is 12. The molecule has 9 nitrogen and oxygen atoms in total. The fourth-order valence-corrected chi connectivity index (χ4v) is 5.10. The number of carbonyl (C=O) groups excluding carboxylic acids is 3. The molecule has 42 heavy (non-hydrogen) atoms. The maximum absolute atomic E-state index is 14.2. The number of carbonyl (C=O) groups is 3. The Balaban J connectivity index is 1.98. The van der Waals surface area contributed by atoms with Gasteiger partial charge in [0.1, 0.15) is 12.1 Å². The molecular weight excluding hydrogens is 552 g/mol. The first kappa shape index (κ1) is 32.5. The van der Waals surface area contributed by atoms with E-state index < -0.39 is 45.4 Å². The van der Waals surface area contributed by atoms with Gasteiger partial charge in [-0.05, 0) is 48.2 Å². The molecule has 0 aliphatic rings. The molecule has 3 aromatic carbocycles. The first-order chi connectivity index (χ1) is 19.6. The molecule has 0 aliphatic heterocycles. The molecule has 10 heteroatoms. The summed E-state index contributed by atoms with van der Waals surface area (Å²) in [6.45, 7) is 3.70. The summed E-state index contributed by atoms with van der Waals surface area (Å²) in [7, 11) is -0.886. The predicted octanol–water partition coefficient (Wildman–Crippen LogP) is 3.04. The van der Waals surface area contributed by atoms with Crippen LogP contribution in [0.2, 0.25) is 0 Å². The summed E-state index contributed by atoms with van der Waals surface area (Å²) in [6.07, 6.45) is 4.68. The molecule has 3 N–H and O–H groups in total. The van der Waals surface area contributed by atoms with Gasteiger partial charge < -0.3 is 15.5 Å². The van der Waals surface area contributed by atoms with Crippen molar-refractivity contribution in [3.05, 3.63) is 96.1 Å². The van der Waals surface area contributed by atoms with Crippen molar-refractivity contribution >= 4 is 38.5 Å². The highest BCUT2D eigenvalue weighted by molar-refractivity contribution is 7.89. The van der Waals surface area contributed by atoms with Crippen molar-refractivity contribution in [2.75, 3.05) is 20.4 Å². The van der Waals surface area contributed by atoms with Crippen LogP contribution in [0.1, 0.15) is 31.4 Å². The predicted molar refractivity (Wildman–Crippen MR) is 166 cm³/mol. The summed E-state index contributed by atoms with van der Waals surface area (Å²) < 4.78 is 25.9. The maximum atomic E-state index is 14.2. The molecule has 224 valence electrons. The average Bonchev–Trinajstić information content (AvgIpc) is 2.92. The Bertz CT molecular complexity index is 1550. The molecule has 3 amide bonds. The van der Waals surface area contributed by atoms with Crippen LogP contribution in [-0.4, -0.2) is 73.9 Å². The third kappa shape index (κ3) is 9.53. The van der Waals surface area contributed by atoms with Gasteiger partial charge in [0.2, 0.25) is 21.8 Å². The SMILES string of the molecule is CN(C(=O)/C=C/CC(C)(C)N)C(Cc1ccc2ccccc2c1)C(=O)N(C)C(Cc1ccccc1)C(=O)NS(C)(=O)=O. The average molecular weight is 593 g/mol. The van der Waals surface area contributed by atoms with E-state index in [2.05, 4.69) is 0 Å². The van der Waals surface area contributed by atoms with Crippen molar-refractivity contribution in [3.63, 3.8) is 0 Å². The van der Waals surface area contributed by atoms with E-state index in [0.29, 0.717) is 6.42 Å². The van der Waals surface area contributed by atoms with Crippen LogP contribution in [0.5, 0.6) is 0 Å². The van der Waals surface area contributed by atoms with Gasteiger partial charge in [-0.1, -0.05) is 78.9 Å². The first-order valence-electron chi connectivity index (χ1n) is 13.7. The molecule has 0 saturated carbocycles. The zero-order chi connectivity index (χ0) is 31.1. The van der Waals surface area contributed by atoms with Gasteiger partial charge in [-0.25, -0.2) is 8.42 Å². The summed E-state index contributed by atoms with van der Waals surface area (Å²) in [5.74, 6) is -1.73. The lowest BCUT2D eigenvalue weighted by Crippen LogP contribution is -2.56. The van der Waals surface area contributed by atoms with Gasteiger partial charge in [0.25, 0.3) is 5.91 Å². The molecule has 3 aromatic rings. The molecule has 0 radical (unpaired) electrons. The zero-order valence-corrected chi connectivity index (χ0v) is 25.6. The van der Waals surface area contributed by atoms with E-state index in [1.165, 1.54) is 22.9 Å². The van der Waals surface area contributed by atoms with Crippen molar-refractivity contribution in [2.24, 2.45) is 5.73 Å². The Kier molecular flexibility index (Phi) is 10.6. The number of hydrogen-bond acceptors (Lipinski definition) is 6. The minimum Gasteiger partial charge on any atom is -0.332 e. The molecule has 2 unspecified atom stereocenters. The van der Waals surface area contributed by atoms with Crippen LogP contribution < -0.4 is 10.5 Å². The Labute approximate surface area is 248 Å². The summed E-state index contributed by atoms with van der Waals surface area (Å²) in [5, 5.41) is 2.03. The number of nitrogens with two attached hydrogens (primary N) is 1. The van der Waals surface area contributed by atoms with Crippen LogP contribution >= 0.6 is 0 Å². The molecule has 3 rings (SSSR count). The molecule has 0 bridgehead atoms. The monoisotopic (exact) mass is 592 g/mol. The zero-order valence-electron chi connectivity index (χ0n) is 24.8. The van der Waals surface area contributed by atoms with Gasteiger partial charge in [0.15, 0.2) is 0 Å². The van der Waals surface area contributed by atoms with E-state index in [0.717, 1.165) is 28.2 Å². The summed E-state index contributed by atoms with van der Waals surface area (Å²) in [4.78, 5) is 43.2. The van der Waals surface area contributed by atoms with Crippen LogP contribution in [0, 0.1) is 0 Å². The van der Waals surface area contributed by atoms with Crippen molar-refractivity contribution in [1.29, 1.82) is 0 Å². The molecule has 0 fully saturated rings. The van der Waals surface area contributed by atoms with Gasteiger partial charge in [-0.3, -0.25) is 19.1 Å². The van der Waals surface area contributed by atoms with E-state index in [9.17, 15) is 22.8 Å². The number of sulfonamides is 1. The Morgan fingerprint density at radius 2 is 1.45 bits per heavy atom. The normalized spacial score (nSPS) is 13.5. The molecule has 2 atom stereocenters. The van der Waals surface area contributed by atoms with Gasteiger partial charge in [0.05, 0.1) is 6.26 Å². The van der Waals surface area contributed by atoms with E-state index in [1.807, 2.05) is 67.1 Å².